The van der Waals surface area contributed by atoms with Gasteiger partial charge in [-0.25, -0.2) is 0 Å². The summed E-state index contributed by atoms with van der Waals surface area (Å²) in [4.78, 5) is 10.3. The number of benzene rings is 1. The van der Waals surface area contributed by atoms with E-state index in [9.17, 15) is 10.1 Å². The lowest BCUT2D eigenvalue weighted by atomic mass is 10.0. The van der Waals surface area contributed by atoms with Crippen LogP contribution in [-0.2, 0) is 6.42 Å². The van der Waals surface area contributed by atoms with E-state index in [0.717, 1.165) is 6.42 Å². The molecule has 0 aliphatic heterocycles. The van der Waals surface area contributed by atoms with Crippen molar-refractivity contribution in [2.75, 3.05) is 0 Å². The topological polar surface area (TPSA) is 43.1 Å². The fraction of sp³-hybridized carbons (Fsp3) is 0.727. The van der Waals surface area contributed by atoms with E-state index in [0.29, 0.717) is 0 Å². The smallest absolute Gasteiger partial charge is 0.258 e. The first-order valence-electron chi connectivity index (χ1n) is 10.5. The third-order valence-corrected chi connectivity index (χ3v) is 4.97. The Morgan fingerprint density at radius 1 is 0.680 bits per heavy atom. The van der Waals surface area contributed by atoms with Gasteiger partial charge in [-0.15, -0.1) is 0 Å². The second-order valence-corrected chi connectivity index (χ2v) is 7.27. The van der Waals surface area contributed by atoms with E-state index >= 15 is 0 Å². The summed E-state index contributed by atoms with van der Waals surface area (Å²) >= 11 is 0. The summed E-state index contributed by atoms with van der Waals surface area (Å²) in [6, 6.07) is 7.00. The van der Waals surface area contributed by atoms with Gasteiger partial charge in [-0.2, -0.15) is 0 Å². The van der Waals surface area contributed by atoms with Crippen LogP contribution in [0.5, 0.6) is 0 Å². The van der Waals surface area contributed by atoms with Crippen molar-refractivity contribution in [2.45, 2.75) is 103 Å². The molecule has 25 heavy (non-hydrogen) atoms. The minimum absolute atomic E-state index is 0.185. The van der Waals surface area contributed by atoms with Gasteiger partial charge in [0.1, 0.15) is 0 Å². The van der Waals surface area contributed by atoms with Crippen LogP contribution >= 0.6 is 0 Å². The van der Waals surface area contributed by atoms with Crippen molar-refractivity contribution < 1.29 is 4.92 Å². The summed E-state index contributed by atoms with van der Waals surface area (Å²) in [6.45, 7) is 2.27. The molecule has 142 valence electrons. The zero-order valence-corrected chi connectivity index (χ0v) is 16.2. The Morgan fingerprint density at radius 2 is 1.08 bits per heavy atom. The van der Waals surface area contributed by atoms with Crippen LogP contribution in [0.25, 0.3) is 0 Å². The second-order valence-electron chi connectivity index (χ2n) is 7.27. The van der Waals surface area contributed by atoms with Crippen molar-refractivity contribution in [1.82, 2.24) is 0 Å². The fourth-order valence-electron chi connectivity index (χ4n) is 3.31. The molecule has 0 aromatic heterocycles. The van der Waals surface area contributed by atoms with Gasteiger partial charge in [0.15, 0.2) is 0 Å². The van der Waals surface area contributed by atoms with Gasteiger partial charge in [0, 0.05) is 12.1 Å². The van der Waals surface area contributed by atoms with Crippen LogP contribution in [-0.4, -0.2) is 4.92 Å². The average molecular weight is 348 g/mol. The summed E-state index contributed by atoms with van der Waals surface area (Å²) in [7, 11) is 0. The van der Waals surface area contributed by atoms with E-state index in [4.69, 9.17) is 0 Å². The number of nitro groups is 1. The molecule has 0 aliphatic rings. The molecule has 0 saturated heterocycles. The lowest BCUT2D eigenvalue weighted by molar-refractivity contribution is -0.384. The maximum absolute atomic E-state index is 10.6. The number of rotatable bonds is 16. The van der Waals surface area contributed by atoms with Crippen LogP contribution in [0.1, 0.15) is 102 Å². The highest BCUT2D eigenvalue weighted by molar-refractivity contribution is 5.32. The number of hydrogen-bond acceptors (Lipinski definition) is 2. The third-order valence-electron chi connectivity index (χ3n) is 4.97. The van der Waals surface area contributed by atoms with Crippen LogP contribution in [0.2, 0.25) is 0 Å². The highest BCUT2D eigenvalue weighted by atomic mass is 16.6. The molecule has 0 aliphatic carbocycles. The van der Waals surface area contributed by atoms with Crippen LogP contribution in [0.15, 0.2) is 24.3 Å². The van der Waals surface area contributed by atoms with E-state index in [1.165, 1.54) is 95.5 Å². The highest BCUT2D eigenvalue weighted by Crippen LogP contribution is 2.16. The van der Waals surface area contributed by atoms with E-state index in [1.54, 1.807) is 12.1 Å². The second kappa shape index (κ2) is 14.9. The minimum atomic E-state index is -0.337. The average Bonchev–Trinajstić information content (AvgIpc) is 2.62. The standard InChI is InChI=1S/C22H37NO2/c1-2-3-4-5-6-7-8-9-10-11-12-13-14-15-16-21-17-19-22(20-18-21)23(24)25/h17-20H,2-16H2,1H3. The van der Waals surface area contributed by atoms with Gasteiger partial charge in [-0.05, 0) is 18.4 Å². The summed E-state index contributed by atoms with van der Waals surface area (Å²) in [5.41, 5.74) is 1.40. The Hall–Kier alpha value is -1.38. The maximum Gasteiger partial charge on any atom is 0.269 e. The number of nitro benzene ring substituents is 1. The summed E-state index contributed by atoms with van der Waals surface area (Å²) in [5.74, 6) is 0. The molecule has 0 bridgehead atoms. The van der Waals surface area contributed by atoms with Crippen molar-refractivity contribution in [1.29, 1.82) is 0 Å². The van der Waals surface area contributed by atoms with Crippen molar-refractivity contribution in [3.8, 4) is 0 Å². The minimum Gasteiger partial charge on any atom is -0.258 e. The first-order valence-corrected chi connectivity index (χ1v) is 10.5. The number of aryl methyl sites for hydroxylation is 1. The molecule has 1 aromatic rings. The molecule has 0 N–H and O–H groups in total. The van der Waals surface area contributed by atoms with E-state index in [-0.39, 0.29) is 10.6 Å². The van der Waals surface area contributed by atoms with Crippen LogP contribution in [0.3, 0.4) is 0 Å². The van der Waals surface area contributed by atoms with E-state index < -0.39 is 0 Å². The van der Waals surface area contributed by atoms with Gasteiger partial charge in [-0.1, -0.05) is 103 Å². The summed E-state index contributed by atoms with van der Waals surface area (Å²) in [5, 5.41) is 10.6. The summed E-state index contributed by atoms with van der Waals surface area (Å²) < 4.78 is 0. The molecule has 0 saturated carbocycles. The highest BCUT2D eigenvalue weighted by Gasteiger charge is 2.03. The Balaban J connectivity index is 1.85. The van der Waals surface area contributed by atoms with Gasteiger partial charge in [-0.3, -0.25) is 10.1 Å². The first-order chi connectivity index (χ1) is 12.2. The van der Waals surface area contributed by atoms with Crippen molar-refractivity contribution in [3.05, 3.63) is 39.9 Å². The molecule has 0 atom stereocenters. The van der Waals surface area contributed by atoms with Crippen molar-refractivity contribution >= 4 is 5.69 Å². The van der Waals surface area contributed by atoms with Gasteiger partial charge in [0.25, 0.3) is 5.69 Å². The molecule has 0 amide bonds. The lowest BCUT2D eigenvalue weighted by Gasteiger charge is -2.04. The van der Waals surface area contributed by atoms with E-state index in [2.05, 4.69) is 6.92 Å². The Labute approximate surface area is 154 Å². The number of nitrogens with zero attached hydrogens (tertiary/aromatic N) is 1. The van der Waals surface area contributed by atoms with Crippen LogP contribution in [0, 0.1) is 10.1 Å². The van der Waals surface area contributed by atoms with Gasteiger partial charge in [0.05, 0.1) is 4.92 Å². The number of non-ortho nitro benzene ring substituents is 1. The Morgan fingerprint density at radius 3 is 1.48 bits per heavy atom. The van der Waals surface area contributed by atoms with Crippen molar-refractivity contribution in [2.24, 2.45) is 0 Å². The fourth-order valence-corrected chi connectivity index (χ4v) is 3.31. The molecule has 0 unspecified atom stereocenters. The van der Waals surface area contributed by atoms with Crippen LogP contribution < -0.4 is 0 Å². The molecule has 0 spiro atoms. The normalized spacial score (nSPS) is 10.9. The van der Waals surface area contributed by atoms with Gasteiger partial charge < -0.3 is 0 Å². The predicted octanol–water partition coefficient (Wildman–Crippen LogP) is 7.62. The number of hydrogen-bond donors (Lipinski definition) is 0. The Kier molecular flexibility index (Phi) is 12.9. The molecular formula is C22H37NO2. The largest absolute Gasteiger partial charge is 0.269 e. The predicted molar refractivity (Wildman–Crippen MR) is 107 cm³/mol. The SMILES string of the molecule is CCCCCCCCCCCCCCCCc1ccc([N+](=O)[O-])cc1. The van der Waals surface area contributed by atoms with Gasteiger partial charge >= 0.3 is 0 Å². The first kappa shape index (κ1) is 21.7. The quantitative estimate of drug-likeness (QED) is 0.175. The third kappa shape index (κ3) is 11.7. The molecule has 0 radical (unpaired) electrons. The molecule has 1 aromatic carbocycles. The van der Waals surface area contributed by atoms with Crippen molar-refractivity contribution in [3.63, 3.8) is 0 Å². The molecule has 3 heteroatoms. The Bertz CT molecular complexity index is 442. The monoisotopic (exact) mass is 347 g/mol. The lowest BCUT2D eigenvalue weighted by Crippen LogP contribution is -1.90. The van der Waals surface area contributed by atoms with Crippen LogP contribution in [0.4, 0.5) is 5.69 Å². The molecule has 0 fully saturated rings. The maximum atomic E-state index is 10.6. The molecule has 3 nitrogen and oxygen atoms in total. The van der Waals surface area contributed by atoms with Gasteiger partial charge in [0.2, 0.25) is 0 Å². The zero-order chi connectivity index (χ0) is 18.2. The molecule has 0 heterocycles. The summed E-state index contributed by atoms with van der Waals surface area (Å²) in [6.07, 6.45) is 20.3. The number of unbranched alkanes of at least 4 members (excludes halogenated alkanes) is 13. The molecule has 1 rings (SSSR count). The zero-order valence-electron chi connectivity index (χ0n) is 16.2. The van der Waals surface area contributed by atoms with E-state index in [1.807, 2.05) is 12.1 Å². The molecular weight excluding hydrogens is 310 g/mol.